The van der Waals surface area contributed by atoms with Crippen LogP contribution < -0.4 is 21.7 Å². The monoisotopic (exact) mass is 418 g/mol. The predicted octanol–water partition coefficient (Wildman–Crippen LogP) is 1.04. The van der Waals surface area contributed by atoms with Gasteiger partial charge in [-0.2, -0.15) is 0 Å². The zero-order valence-corrected chi connectivity index (χ0v) is 16.7. The van der Waals surface area contributed by atoms with Crippen molar-refractivity contribution in [3.8, 4) is 0 Å². The molecular formula is C23H22N4O4. The number of pyridine rings is 1. The predicted molar refractivity (Wildman–Crippen MR) is 115 cm³/mol. The SMILES string of the molecule is O=C(Cn1ccccc1=O)NNC(=O)[C@H](Cc1ccccc1)NC(=O)c1ccccc1. The normalized spacial score (nSPS) is 11.2. The van der Waals surface area contributed by atoms with Crippen LogP contribution >= 0.6 is 0 Å². The van der Waals surface area contributed by atoms with Crippen LogP contribution in [-0.4, -0.2) is 28.3 Å². The van der Waals surface area contributed by atoms with Crippen molar-refractivity contribution in [1.82, 2.24) is 20.7 Å². The Labute approximate surface area is 178 Å². The molecule has 158 valence electrons. The highest BCUT2D eigenvalue weighted by Gasteiger charge is 2.22. The van der Waals surface area contributed by atoms with E-state index >= 15 is 0 Å². The smallest absolute Gasteiger partial charge is 0.261 e. The Morgan fingerprint density at radius 2 is 1.45 bits per heavy atom. The molecule has 2 aromatic carbocycles. The van der Waals surface area contributed by atoms with Crippen molar-refractivity contribution in [1.29, 1.82) is 0 Å². The number of benzene rings is 2. The first kappa shape index (κ1) is 21.5. The number of rotatable bonds is 7. The van der Waals surface area contributed by atoms with Gasteiger partial charge < -0.3 is 9.88 Å². The molecule has 0 aliphatic carbocycles. The first-order chi connectivity index (χ1) is 15.0. The van der Waals surface area contributed by atoms with Crippen LogP contribution in [0, 0.1) is 0 Å². The minimum atomic E-state index is -0.921. The summed E-state index contributed by atoms with van der Waals surface area (Å²) in [5, 5.41) is 2.71. The highest BCUT2D eigenvalue weighted by atomic mass is 16.2. The van der Waals surface area contributed by atoms with Crippen molar-refractivity contribution in [3.63, 3.8) is 0 Å². The Morgan fingerprint density at radius 1 is 0.806 bits per heavy atom. The van der Waals surface area contributed by atoms with E-state index in [1.54, 1.807) is 42.5 Å². The molecule has 0 aliphatic heterocycles. The minimum Gasteiger partial charge on any atom is -0.340 e. The van der Waals surface area contributed by atoms with Crippen LogP contribution in [0.5, 0.6) is 0 Å². The fourth-order valence-electron chi connectivity index (χ4n) is 2.89. The van der Waals surface area contributed by atoms with Gasteiger partial charge in [0.1, 0.15) is 12.6 Å². The summed E-state index contributed by atoms with van der Waals surface area (Å²) in [6.07, 6.45) is 1.71. The van der Waals surface area contributed by atoms with Crippen LogP contribution in [0.2, 0.25) is 0 Å². The van der Waals surface area contributed by atoms with Crippen LogP contribution in [0.4, 0.5) is 0 Å². The van der Waals surface area contributed by atoms with Crippen LogP contribution in [0.1, 0.15) is 15.9 Å². The highest BCUT2D eigenvalue weighted by molar-refractivity contribution is 5.97. The van der Waals surface area contributed by atoms with Crippen LogP contribution in [-0.2, 0) is 22.6 Å². The zero-order valence-electron chi connectivity index (χ0n) is 16.7. The third-order valence-corrected chi connectivity index (χ3v) is 4.48. The Kier molecular flexibility index (Phi) is 7.31. The Hall–Kier alpha value is -4.20. The van der Waals surface area contributed by atoms with Crippen molar-refractivity contribution in [2.45, 2.75) is 19.0 Å². The van der Waals surface area contributed by atoms with E-state index in [0.717, 1.165) is 5.56 Å². The van der Waals surface area contributed by atoms with Gasteiger partial charge in [0.15, 0.2) is 0 Å². The van der Waals surface area contributed by atoms with E-state index in [9.17, 15) is 19.2 Å². The van der Waals surface area contributed by atoms with Gasteiger partial charge in [0.05, 0.1) is 0 Å². The molecule has 0 aliphatic rings. The van der Waals surface area contributed by atoms with Gasteiger partial charge in [0.2, 0.25) is 0 Å². The van der Waals surface area contributed by atoms with Gasteiger partial charge in [0.25, 0.3) is 23.3 Å². The molecule has 8 nitrogen and oxygen atoms in total. The standard InChI is InChI=1S/C23H22N4O4/c28-20(16-27-14-8-7-13-21(27)29)25-26-23(31)19(15-17-9-3-1-4-10-17)24-22(30)18-11-5-2-6-12-18/h1-14,19H,15-16H2,(H,24,30)(H,25,28)(H,26,31)/t19-/m0/s1. The molecule has 1 aromatic heterocycles. The molecule has 8 heteroatoms. The van der Waals surface area contributed by atoms with Crippen molar-refractivity contribution in [2.75, 3.05) is 0 Å². The lowest BCUT2D eigenvalue weighted by molar-refractivity contribution is -0.130. The first-order valence-corrected chi connectivity index (χ1v) is 9.67. The summed E-state index contributed by atoms with van der Waals surface area (Å²) in [5.41, 5.74) is 5.55. The second-order valence-electron chi connectivity index (χ2n) is 6.79. The van der Waals surface area contributed by atoms with Crippen molar-refractivity contribution >= 4 is 17.7 Å². The molecule has 0 bridgehead atoms. The van der Waals surface area contributed by atoms with Gasteiger partial charge in [-0.05, 0) is 23.8 Å². The molecule has 0 fully saturated rings. The second kappa shape index (κ2) is 10.5. The van der Waals surface area contributed by atoms with Crippen LogP contribution in [0.15, 0.2) is 89.9 Å². The lowest BCUT2D eigenvalue weighted by Gasteiger charge is -2.19. The van der Waals surface area contributed by atoms with Gasteiger partial charge >= 0.3 is 0 Å². The number of nitrogens with one attached hydrogen (secondary N) is 3. The lowest BCUT2D eigenvalue weighted by atomic mass is 10.0. The van der Waals surface area contributed by atoms with Crippen molar-refractivity contribution in [2.24, 2.45) is 0 Å². The Balaban J connectivity index is 1.65. The first-order valence-electron chi connectivity index (χ1n) is 9.67. The molecule has 1 atom stereocenters. The lowest BCUT2D eigenvalue weighted by Crippen LogP contribution is -2.53. The van der Waals surface area contributed by atoms with E-state index in [2.05, 4.69) is 16.2 Å². The molecule has 3 amide bonds. The van der Waals surface area contributed by atoms with E-state index in [-0.39, 0.29) is 18.5 Å². The molecule has 31 heavy (non-hydrogen) atoms. The number of hydrogen-bond acceptors (Lipinski definition) is 4. The van der Waals surface area contributed by atoms with Gasteiger partial charge in [0, 0.05) is 24.2 Å². The second-order valence-corrected chi connectivity index (χ2v) is 6.79. The number of nitrogens with zero attached hydrogens (tertiary/aromatic N) is 1. The Morgan fingerprint density at radius 3 is 2.13 bits per heavy atom. The van der Waals surface area contributed by atoms with E-state index in [1.807, 2.05) is 30.3 Å². The number of carbonyl (C=O) groups is 3. The zero-order chi connectivity index (χ0) is 22.1. The molecule has 0 saturated carbocycles. The fraction of sp³-hybridized carbons (Fsp3) is 0.130. The summed E-state index contributed by atoms with van der Waals surface area (Å²) in [6.45, 7) is -0.250. The van der Waals surface area contributed by atoms with E-state index in [0.29, 0.717) is 5.56 Å². The van der Waals surface area contributed by atoms with Crippen molar-refractivity contribution < 1.29 is 14.4 Å². The minimum absolute atomic E-state index is 0.235. The topological polar surface area (TPSA) is 109 Å². The van der Waals surface area contributed by atoms with Gasteiger partial charge in [-0.15, -0.1) is 0 Å². The van der Waals surface area contributed by atoms with Crippen molar-refractivity contribution in [3.05, 3.63) is 107 Å². The van der Waals surface area contributed by atoms with Crippen LogP contribution in [0.25, 0.3) is 0 Å². The summed E-state index contributed by atoms with van der Waals surface area (Å²) in [4.78, 5) is 49.1. The number of hydrazine groups is 1. The number of carbonyl (C=O) groups excluding carboxylic acids is 3. The highest BCUT2D eigenvalue weighted by Crippen LogP contribution is 2.05. The molecule has 3 rings (SSSR count). The third kappa shape index (κ3) is 6.40. The average molecular weight is 418 g/mol. The maximum Gasteiger partial charge on any atom is 0.261 e. The van der Waals surface area contributed by atoms with E-state index < -0.39 is 23.8 Å². The molecule has 3 N–H and O–H groups in total. The summed E-state index contributed by atoms with van der Waals surface area (Å²) < 4.78 is 1.21. The average Bonchev–Trinajstić information content (AvgIpc) is 2.80. The third-order valence-electron chi connectivity index (χ3n) is 4.48. The maximum absolute atomic E-state index is 12.7. The Bertz CT molecular complexity index is 1100. The fourth-order valence-corrected chi connectivity index (χ4v) is 2.89. The molecule has 0 unspecified atom stereocenters. The number of aromatic nitrogens is 1. The molecule has 0 spiro atoms. The molecule has 3 aromatic rings. The van der Waals surface area contributed by atoms with Gasteiger partial charge in [-0.1, -0.05) is 54.6 Å². The van der Waals surface area contributed by atoms with Gasteiger partial charge in [-0.25, -0.2) is 0 Å². The van der Waals surface area contributed by atoms with E-state index in [1.165, 1.54) is 16.8 Å². The molecule has 1 heterocycles. The molecule has 0 radical (unpaired) electrons. The summed E-state index contributed by atoms with van der Waals surface area (Å²) >= 11 is 0. The quantitative estimate of drug-likeness (QED) is 0.498. The number of hydrogen-bond donors (Lipinski definition) is 3. The molecular weight excluding hydrogens is 396 g/mol. The summed E-state index contributed by atoms with van der Waals surface area (Å²) in [5.74, 6) is -1.56. The summed E-state index contributed by atoms with van der Waals surface area (Å²) in [6, 6.07) is 21.4. The van der Waals surface area contributed by atoms with Crippen LogP contribution in [0.3, 0.4) is 0 Å². The van der Waals surface area contributed by atoms with E-state index in [4.69, 9.17) is 0 Å². The largest absolute Gasteiger partial charge is 0.340 e. The molecule has 0 saturated heterocycles. The number of amides is 3. The summed E-state index contributed by atoms with van der Waals surface area (Å²) in [7, 11) is 0. The maximum atomic E-state index is 12.7. The van der Waals surface area contributed by atoms with Gasteiger partial charge in [-0.3, -0.25) is 30.0 Å².